The number of methoxy groups -OCH3 is 1. The van der Waals surface area contributed by atoms with E-state index in [-0.39, 0.29) is 11.4 Å². The van der Waals surface area contributed by atoms with Crippen LogP contribution in [0.3, 0.4) is 0 Å². The van der Waals surface area contributed by atoms with Crippen molar-refractivity contribution in [2.75, 3.05) is 7.11 Å². The van der Waals surface area contributed by atoms with Crippen molar-refractivity contribution < 1.29 is 26.9 Å². The van der Waals surface area contributed by atoms with Crippen molar-refractivity contribution in [1.82, 2.24) is 9.88 Å². The summed E-state index contributed by atoms with van der Waals surface area (Å²) in [6, 6.07) is 5.45. The van der Waals surface area contributed by atoms with Gasteiger partial charge in [-0.2, -0.15) is 0 Å². The fraction of sp³-hybridized carbons (Fsp3) is 0.143. The molecule has 1 aromatic heterocycles. The lowest BCUT2D eigenvalue weighted by atomic mass is 10.2. The molecule has 7 nitrogen and oxygen atoms in total. The van der Waals surface area contributed by atoms with Gasteiger partial charge in [-0.15, -0.1) is 0 Å². The van der Waals surface area contributed by atoms with Gasteiger partial charge in [0.2, 0.25) is 10.0 Å². The lowest BCUT2D eigenvalue weighted by Crippen LogP contribution is -2.30. The molecule has 0 radical (unpaired) electrons. The van der Waals surface area contributed by atoms with E-state index in [9.17, 15) is 17.6 Å². The van der Waals surface area contributed by atoms with Gasteiger partial charge in [0, 0.05) is 12.1 Å². The predicted octanol–water partition coefficient (Wildman–Crippen LogP) is 1.48. The van der Waals surface area contributed by atoms with Crippen molar-refractivity contribution in [3.05, 3.63) is 53.7 Å². The van der Waals surface area contributed by atoms with E-state index < -0.39 is 27.5 Å². The first-order chi connectivity index (χ1) is 10.9. The highest BCUT2D eigenvalue weighted by molar-refractivity contribution is 7.89. The summed E-state index contributed by atoms with van der Waals surface area (Å²) >= 11 is 0. The van der Waals surface area contributed by atoms with E-state index in [1.807, 2.05) is 4.72 Å². The third-order valence-electron chi connectivity index (χ3n) is 2.69. The first-order valence-electron chi connectivity index (χ1n) is 6.35. The number of amides is 1. The Morgan fingerprint density at radius 3 is 2.83 bits per heavy atom. The molecule has 9 heteroatoms. The molecule has 0 saturated carbocycles. The minimum atomic E-state index is -3.89. The Morgan fingerprint density at radius 2 is 2.22 bits per heavy atom. The number of sulfonamides is 1. The lowest BCUT2D eigenvalue weighted by Gasteiger charge is -2.03. The minimum Gasteiger partial charge on any atom is -0.494 e. The average molecular weight is 340 g/mol. The third-order valence-corrected chi connectivity index (χ3v) is 3.88. The van der Waals surface area contributed by atoms with Crippen molar-refractivity contribution in [3.8, 4) is 5.75 Å². The van der Waals surface area contributed by atoms with Crippen molar-refractivity contribution in [3.63, 3.8) is 0 Å². The zero-order valence-corrected chi connectivity index (χ0v) is 12.8. The summed E-state index contributed by atoms with van der Waals surface area (Å²) in [6.45, 7) is 0. The van der Waals surface area contributed by atoms with Gasteiger partial charge in [-0.05, 0) is 23.8 Å². The largest absolute Gasteiger partial charge is 0.494 e. The number of carbonyl (C=O) groups excluding carboxylic acids is 1. The molecule has 0 spiro atoms. The summed E-state index contributed by atoms with van der Waals surface area (Å²) in [5.41, 5.74) is 0.554. The van der Waals surface area contributed by atoms with E-state index in [4.69, 9.17) is 4.74 Å². The molecule has 1 aromatic carbocycles. The number of benzene rings is 1. The average Bonchev–Trinajstić information content (AvgIpc) is 2.96. The van der Waals surface area contributed by atoms with Crippen LogP contribution in [-0.2, 0) is 20.6 Å². The molecule has 2 aromatic rings. The van der Waals surface area contributed by atoms with E-state index in [0.29, 0.717) is 5.56 Å². The molecule has 0 aliphatic carbocycles. The highest BCUT2D eigenvalue weighted by Crippen LogP contribution is 2.18. The molecule has 0 unspecified atom stereocenters. The minimum absolute atomic E-state index is 0.0711. The molecule has 0 atom stereocenters. The number of hydrogen-bond acceptors (Lipinski definition) is 6. The van der Waals surface area contributed by atoms with Gasteiger partial charge >= 0.3 is 0 Å². The highest BCUT2D eigenvalue weighted by Gasteiger charge is 2.15. The van der Waals surface area contributed by atoms with Gasteiger partial charge in [0.05, 0.1) is 7.11 Å². The number of hydrogen-bond donors (Lipinski definition) is 1. The molecule has 0 fully saturated rings. The predicted molar refractivity (Wildman–Crippen MR) is 79.3 cm³/mol. The molecule has 1 N–H and O–H groups in total. The smallest absolute Gasteiger partial charge is 0.257 e. The van der Waals surface area contributed by atoms with E-state index in [2.05, 4.69) is 9.68 Å². The van der Waals surface area contributed by atoms with Gasteiger partial charge in [-0.1, -0.05) is 11.2 Å². The van der Waals surface area contributed by atoms with Gasteiger partial charge in [0.15, 0.2) is 11.6 Å². The zero-order valence-electron chi connectivity index (χ0n) is 12.0. The molecule has 0 aliphatic rings. The van der Waals surface area contributed by atoms with Crippen molar-refractivity contribution >= 4 is 22.0 Å². The van der Waals surface area contributed by atoms with Crippen LogP contribution >= 0.6 is 0 Å². The SMILES string of the molecule is COc1ccc(C=CC(=O)NS(=O)(=O)Cc2ccon2)cc1F. The Morgan fingerprint density at radius 1 is 1.43 bits per heavy atom. The van der Waals surface area contributed by atoms with Crippen LogP contribution in [0.1, 0.15) is 11.3 Å². The Balaban J connectivity index is 2.00. The molecular weight excluding hydrogens is 327 g/mol. The highest BCUT2D eigenvalue weighted by atomic mass is 32.2. The number of aromatic nitrogens is 1. The topological polar surface area (TPSA) is 98.5 Å². The van der Waals surface area contributed by atoms with Crippen molar-refractivity contribution in [2.45, 2.75) is 5.75 Å². The molecule has 23 heavy (non-hydrogen) atoms. The fourth-order valence-corrected chi connectivity index (χ4v) is 2.67. The van der Waals surface area contributed by atoms with E-state index in [0.717, 1.165) is 12.1 Å². The monoisotopic (exact) mass is 340 g/mol. The Bertz CT molecular complexity index is 816. The third kappa shape index (κ3) is 4.92. The number of halogens is 1. The molecule has 1 amide bonds. The van der Waals surface area contributed by atoms with Gasteiger partial charge in [0.1, 0.15) is 17.7 Å². The van der Waals surface area contributed by atoms with Crippen LogP contribution in [0, 0.1) is 5.82 Å². The standard InChI is InChI=1S/C14H13FN2O5S/c1-21-13-4-2-10(8-12(13)15)3-5-14(18)17-23(19,20)9-11-6-7-22-16-11/h2-8H,9H2,1H3,(H,17,18). The summed E-state index contributed by atoms with van der Waals surface area (Å²) in [4.78, 5) is 11.6. The fourth-order valence-electron chi connectivity index (χ4n) is 1.69. The number of rotatable bonds is 6. The normalized spacial score (nSPS) is 11.6. The second-order valence-corrected chi connectivity index (χ2v) is 6.17. The second kappa shape index (κ2) is 7.05. The number of nitrogens with one attached hydrogen (secondary N) is 1. The van der Waals surface area contributed by atoms with Gasteiger partial charge in [-0.3, -0.25) is 4.79 Å². The first kappa shape index (κ1) is 16.7. The maximum atomic E-state index is 13.5. The molecular formula is C14H13FN2O5S. The Labute approximate surface area is 131 Å². The molecule has 0 bridgehead atoms. The quantitative estimate of drug-likeness (QED) is 0.800. The van der Waals surface area contributed by atoms with Crippen LogP contribution in [0.5, 0.6) is 5.75 Å². The summed E-state index contributed by atoms with van der Waals surface area (Å²) in [7, 11) is -2.56. The van der Waals surface area contributed by atoms with Gasteiger partial charge in [-0.25, -0.2) is 17.5 Å². The first-order valence-corrected chi connectivity index (χ1v) is 8.00. The number of carbonyl (C=O) groups is 1. The maximum Gasteiger partial charge on any atom is 0.257 e. The van der Waals surface area contributed by atoms with Crippen LogP contribution in [-0.4, -0.2) is 26.6 Å². The van der Waals surface area contributed by atoms with Crippen molar-refractivity contribution in [2.24, 2.45) is 0 Å². The Hall–Kier alpha value is -2.68. The Kier molecular flexibility index (Phi) is 5.12. The second-order valence-electron chi connectivity index (χ2n) is 4.44. The number of nitrogens with zero attached hydrogens (tertiary/aromatic N) is 1. The van der Waals surface area contributed by atoms with E-state index >= 15 is 0 Å². The van der Waals surface area contributed by atoms with Crippen LogP contribution < -0.4 is 9.46 Å². The number of ether oxygens (including phenoxy) is 1. The molecule has 0 aliphatic heterocycles. The van der Waals surface area contributed by atoms with Crippen molar-refractivity contribution in [1.29, 1.82) is 0 Å². The van der Waals surface area contributed by atoms with Crippen LogP contribution in [0.2, 0.25) is 0 Å². The molecule has 1 heterocycles. The maximum absolute atomic E-state index is 13.5. The van der Waals surface area contributed by atoms with Gasteiger partial charge in [0.25, 0.3) is 5.91 Å². The zero-order chi connectivity index (χ0) is 16.9. The molecule has 2 rings (SSSR count). The van der Waals surface area contributed by atoms with Crippen LogP contribution in [0.25, 0.3) is 6.08 Å². The van der Waals surface area contributed by atoms with Crippen LogP contribution in [0.15, 0.2) is 41.1 Å². The van der Waals surface area contributed by atoms with E-state index in [1.165, 1.54) is 37.6 Å². The van der Waals surface area contributed by atoms with Gasteiger partial charge < -0.3 is 9.26 Å². The summed E-state index contributed by atoms with van der Waals surface area (Å²) < 4.78 is 48.1. The van der Waals surface area contributed by atoms with E-state index in [1.54, 1.807) is 0 Å². The molecule has 122 valence electrons. The lowest BCUT2D eigenvalue weighted by molar-refractivity contribution is -0.114. The summed E-state index contributed by atoms with van der Waals surface area (Å²) in [5, 5.41) is 3.45. The summed E-state index contributed by atoms with van der Waals surface area (Å²) in [5.74, 6) is -1.86. The van der Waals surface area contributed by atoms with Crippen LogP contribution in [0.4, 0.5) is 4.39 Å². The molecule has 0 saturated heterocycles. The summed E-state index contributed by atoms with van der Waals surface area (Å²) in [6.07, 6.45) is 3.50.